The monoisotopic (exact) mass is 239 g/mol. The molecule has 0 aromatic heterocycles. The van der Waals surface area contributed by atoms with Crippen LogP contribution < -0.4 is 5.32 Å². The highest BCUT2D eigenvalue weighted by atomic mass is 14.9. The SMILES string of the molecule is CCCCCCCC1CCC(NCCC)C1C. The van der Waals surface area contributed by atoms with Crippen molar-refractivity contribution < 1.29 is 0 Å². The Morgan fingerprint density at radius 3 is 2.41 bits per heavy atom. The second-order valence-corrected chi connectivity index (χ2v) is 5.96. The maximum atomic E-state index is 3.72. The van der Waals surface area contributed by atoms with Gasteiger partial charge in [-0.05, 0) is 37.6 Å². The van der Waals surface area contributed by atoms with Gasteiger partial charge >= 0.3 is 0 Å². The third kappa shape index (κ3) is 5.42. The number of nitrogens with one attached hydrogen (secondary N) is 1. The molecule has 0 aromatic rings. The molecule has 102 valence electrons. The van der Waals surface area contributed by atoms with E-state index in [0.717, 1.165) is 17.9 Å². The molecule has 1 rings (SSSR count). The molecule has 1 heteroatoms. The molecule has 0 spiro atoms. The average molecular weight is 239 g/mol. The Bertz CT molecular complexity index is 178. The van der Waals surface area contributed by atoms with E-state index in [2.05, 4.69) is 26.1 Å². The third-order valence-electron chi connectivity index (χ3n) is 4.56. The Labute approximate surface area is 109 Å². The van der Waals surface area contributed by atoms with Gasteiger partial charge in [0.1, 0.15) is 0 Å². The van der Waals surface area contributed by atoms with E-state index >= 15 is 0 Å². The summed E-state index contributed by atoms with van der Waals surface area (Å²) in [5, 5.41) is 3.72. The fraction of sp³-hybridized carbons (Fsp3) is 1.00. The van der Waals surface area contributed by atoms with E-state index in [1.165, 1.54) is 64.3 Å². The van der Waals surface area contributed by atoms with Gasteiger partial charge < -0.3 is 5.32 Å². The summed E-state index contributed by atoms with van der Waals surface area (Å²) in [5.74, 6) is 1.92. The average Bonchev–Trinajstić information content (AvgIpc) is 2.68. The first-order valence-electron chi connectivity index (χ1n) is 8.03. The van der Waals surface area contributed by atoms with Crippen LogP contribution in [0.25, 0.3) is 0 Å². The van der Waals surface area contributed by atoms with E-state index in [9.17, 15) is 0 Å². The predicted molar refractivity (Wildman–Crippen MR) is 77.3 cm³/mol. The molecular weight excluding hydrogens is 206 g/mol. The summed E-state index contributed by atoms with van der Waals surface area (Å²) in [4.78, 5) is 0. The second-order valence-electron chi connectivity index (χ2n) is 5.96. The van der Waals surface area contributed by atoms with Gasteiger partial charge in [0.15, 0.2) is 0 Å². The van der Waals surface area contributed by atoms with Crippen molar-refractivity contribution in [2.45, 2.75) is 84.6 Å². The van der Waals surface area contributed by atoms with Gasteiger partial charge in [0, 0.05) is 6.04 Å². The topological polar surface area (TPSA) is 12.0 Å². The first-order valence-corrected chi connectivity index (χ1v) is 8.03. The van der Waals surface area contributed by atoms with Crippen molar-refractivity contribution in [1.82, 2.24) is 5.32 Å². The highest BCUT2D eigenvalue weighted by molar-refractivity contribution is 4.86. The van der Waals surface area contributed by atoms with Gasteiger partial charge in [-0.1, -0.05) is 59.3 Å². The summed E-state index contributed by atoms with van der Waals surface area (Å²) in [7, 11) is 0. The molecule has 0 aliphatic heterocycles. The molecule has 3 unspecified atom stereocenters. The fourth-order valence-electron chi connectivity index (χ4n) is 3.28. The molecule has 0 bridgehead atoms. The first-order chi connectivity index (χ1) is 8.29. The standard InChI is InChI=1S/C16H33N/c1-4-6-7-8-9-10-15-11-12-16(14(15)3)17-13-5-2/h14-17H,4-13H2,1-3H3. The first kappa shape index (κ1) is 15.0. The molecule has 1 N–H and O–H groups in total. The van der Waals surface area contributed by atoms with Crippen LogP contribution in [0.1, 0.15) is 78.6 Å². The summed E-state index contributed by atoms with van der Waals surface area (Å²) in [6.07, 6.45) is 12.8. The molecule has 1 aliphatic carbocycles. The summed E-state index contributed by atoms with van der Waals surface area (Å²) < 4.78 is 0. The number of unbranched alkanes of at least 4 members (excludes halogenated alkanes) is 4. The van der Waals surface area contributed by atoms with Crippen molar-refractivity contribution in [2.75, 3.05) is 6.54 Å². The zero-order chi connectivity index (χ0) is 12.5. The molecule has 1 fully saturated rings. The normalized spacial score (nSPS) is 28.8. The summed E-state index contributed by atoms with van der Waals surface area (Å²) in [6.45, 7) is 8.23. The lowest BCUT2D eigenvalue weighted by Gasteiger charge is -2.21. The summed E-state index contributed by atoms with van der Waals surface area (Å²) in [5.41, 5.74) is 0. The summed E-state index contributed by atoms with van der Waals surface area (Å²) in [6, 6.07) is 0.815. The van der Waals surface area contributed by atoms with Crippen molar-refractivity contribution >= 4 is 0 Å². The van der Waals surface area contributed by atoms with Crippen LogP contribution >= 0.6 is 0 Å². The molecule has 1 saturated carbocycles. The van der Waals surface area contributed by atoms with Crippen molar-refractivity contribution in [3.63, 3.8) is 0 Å². The number of rotatable bonds is 9. The molecule has 0 heterocycles. The van der Waals surface area contributed by atoms with E-state index in [-0.39, 0.29) is 0 Å². The maximum Gasteiger partial charge on any atom is 0.00954 e. The van der Waals surface area contributed by atoms with Gasteiger partial charge in [0.2, 0.25) is 0 Å². The van der Waals surface area contributed by atoms with Crippen LogP contribution in [0.3, 0.4) is 0 Å². The summed E-state index contributed by atoms with van der Waals surface area (Å²) >= 11 is 0. The third-order valence-corrected chi connectivity index (χ3v) is 4.56. The Morgan fingerprint density at radius 2 is 1.71 bits per heavy atom. The minimum atomic E-state index is 0.815. The van der Waals surface area contributed by atoms with E-state index in [1.807, 2.05) is 0 Å². The zero-order valence-electron chi connectivity index (χ0n) is 12.3. The van der Waals surface area contributed by atoms with E-state index in [1.54, 1.807) is 0 Å². The molecule has 0 saturated heterocycles. The lowest BCUT2D eigenvalue weighted by molar-refractivity contribution is 0.328. The van der Waals surface area contributed by atoms with Crippen molar-refractivity contribution in [1.29, 1.82) is 0 Å². The van der Waals surface area contributed by atoms with Crippen LogP contribution in [-0.2, 0) is 0 Å². The van der Waals surface area contributed by atoms with Crippen LogP contribution in [0.4, 0.5) is 0 Å². The highest BCUT2D eigenvalue weighted by Gasteiger charge is 2.31. The Kier molecular flexibility index (Phi) is 7.92. The van der Waals surface area contributed by atoms with Gasteiger partial charge in [-0.3, -0.25) is 0 Å². The molecule has 0 radical (unpaired) electrons. The van der Waals surface area contributed by atoms with Gasteiger partial charge in [-0.2, -0.15) is 0 Å². The number of hydrogen-bond acceptors (Lipinski definition) is 1. The van der Waals surface area contributed by atoms with Crippen molar-refractivity contribution in [2.24, 2.45) is 11.8 Å². The van der Waals surface area contributed by atoms with E-state index in [4.69, 9.17) is 0 Å². The minimum absolute atomic E-state index is 0.815. The molecule has 3 atom stereocenters. The zero-order valence-corrected chi connectivity index (χ0v) is 12.3. The molecule has 1 nitrogen and oxygen atoms in total. The van der Waals surface area contributed by atoms with Gasteiger partial charge in [-0.15, -0.1) is 0 Å². The van der Waals surface area contributed by atoms with E-state index < -0.39 is 0 Å². The van der Waals surface area contributed by atoms with Gasteiger partial charge in [0.25, 0.3) is 0 Å². The lowest BCUT2D eigenvalue weighted by atomic mass is 9.90. The number of hydrogen-bond donors (Lipinski definition) is 1. The fourth-order valence-corrected chi connectivity index (χ4v) is 3.28. The van der Waals surface area contributed by atoms with Crippen LogP contribution in [0.2, 0.25) is 0 Å². The second kappa shape index (κ2) is 8.97. The highest BCUT2D eigenvalue weighted by Crippen LogP contribution is 2.35. The van der Waals surface area contributed by atoms with Gasteiger partial charge in [0.05, 0.1) is 0 Å². The molecule has 1 aliphatic rings. The molecule has 17 heavy (non-hydrogen) atoms. The van der Waals surface area contributed by atoms with Gasteiger partial charge in [-0.25, -0.2) is 0 Å². The maximum absolute atomic E-state index is 3.72. The van der Waals surface area contributed by atoms with Crippen LogP contribution in [0, 0.1) is 11.8 Å². The Morgan fingerprint density at radius 1 is 0.941 bits per heavy atom. The minimum Gasteiger partial charge on any atom is -0.314 e. The Hall–Kier alpha value is -0.0400. The molecule has 0 amide bonds. The lowest BCUT2D eigenvalue weighted by Crippen LogP contribution is -2.33. The molecular formula is C16H33N. The van der Waals surface area contributed by atoms with Crippen LogP contribution in [-0.4, -0.2) is 12.6 Å². The smallest absolute Gasteiger partial charge is 0.00954 e. The van der Waals surface area contributed by atoms with E-state index in [0.29, 0.717) is 0 Å². The van der Waals surface area contributed by atoms with Crippen LogP contribution in [0.5, 0.6) is 0 Å². The van der Waals surface area contributed by atoms with Crippen molar-refractivity contribution in [3.8, 4) is 0 Å². The predicted octanol–water partition coefficient (Wildman–Crippen LogP) is 4.76. The van der Waals surface area contributed by atoms with Crippen LogP contribution in [0.15, 0.2) is 0 Å². The largest absolute Gasteiger partial charge is 0.314 e. The molecule has 0 aromatic carbocycles. The Balaban J connectivity index is 2.09. The van der Waals surface area contributed by atoms with Crippen molar-refractivity contribution in [3.05, 3.63) is 0 Å². The quantitative estimate of drug-likeness (QED) is 0.572.